The Balaban J connectivity index is 2.93. The van der Waals surface area contributed by atoms with Crippen molar-refractivity contribution in [2.75, 3.05) is 7.11 Å². The summed E-state index contributed by atoms with van der Waals surface area (Å²) in [7, 11) is 1.27. The van der Waals surface area contributed by atoms with Crippen LogP contribution < -0.4 is 0 Å². The van der Waals surface area contributed by atoms with E-state index in [1.165, 1.54) is 13.2 Å². The maximum atomic E-state index is 11.1. The zero-order chi connectivity index (χ0) is 12.7. The first-order valence-corrected chi connectivity index (χ1v) is 4.85. The van der Waals surface area contributed by atoms with Crippen molar-refractivity contribution in [2.45, 2.75) is 12.5 Å². The lowest BCUT2D eigenvalue weighted by atomic mass is 10.0. The average molecular weight is 230 g/mol. The Morgan fingerprint density at radius 1 is 1.47 bits per heavy atom. The molecule has 0 aliphatic heterocycles. The van der Waals surface area contributed by atoms with E-state index in [9.17, 15) is 9.59 Å². The third kappa shape index (κ3) is 3.56. The highest BCUT2D eigenvalue weighted by Crippen LogP contribution is 2.21. The summed E-state index contributed by atoms with van der Waals surface area (Å²) in [5.41, 5.74) is 1.17. The van der Waals surface area contributed by atoms with E-state index in [1.54, 1.807) is 24.3 Å². The number of hydrogen-bond acceptors (Lipinski definition) is 5. The van der Waals surface area contributed by atoms with Crippen molar-refractivity contribution in [3.8, 4) is 6.07 Å². The van der Waals surface area contributed by atoms with Crippen molar-refractivity contribution in [3.05, 3.63) is 35.4 Å². The van der Waals surface area contributed by atoms with Crippen LogP contribution in [0.4, 0.5) is 0 Å². The molecule has 0 saturated heterocycles. The highest BCUT2D eigenvalue weighted by molar-refractivity contribution is 5.70. The van der Waals surface area contributed by atoms with Crippen LogP contribution in [0.1, 0.15) is 23.6 Å². The molecule has 1 aromatic rings. The summed E-state index contributed by atoms with van der Waals surface area (Å²) >= 11 is 0. The molecule has 1 rings (SSSR count). The molecule has 0 spiro atoms. The van der Waals surface area contributed by atoms with Gasteiger partial charge in [0, 0.05) is 0 Å². The van der Waals surface area contributed by atoms with Gasteiger partial charge in [0.25, 0.3) is 0 Å². The number of ether oxygens (including phenoxy) is 1. The number of isocyanates is 1. The molecular weight excluding hydrogens is 220 g/mol. The number of carbonyl (C=O) groups excluding carboxylic acids is 2. The van der Waals surface area contributed by atoms with Gasteiger partial charge in [-0.15, -0.1) is 0 Å². The van der Waals surface area contributed by atoms with Crippen LogP contribution in [0.5, 0.6) is 0 Å². The van der Waals surface area contributed by atoms with Gasteiger partial charge >= 0.3 is 5.97 Å². The van der Waals surface area contributed by atoms with Crippen LogP contribution in [-0.4, -0.2) is 19.2 Å². The van der Waals surface area contributed by atoms with Gasteiger partial charge < -0.3 is 4.74 Å². The molecule has 86 valence electrons. The molecule has 17 heavy (non-hydrogen) atoms. The Morgan fingerprint density at radius 3 is 2.59 bits per heavy atom. The summed E-state index contributed by atoms with van der Waals surface area (Å²) in [5, 5.41) is 8.64. The van der Waals surface area contributed by atoms with Gasteiger partial charge in [-0.05, 0) is 17.7 Å². The number of methoxy groups -OCH3 is 1. The van der Waals surface area contributed by atoms with E-state index in [0.717, 1.165) is 0 Å². The number of benzene rings is 1. The van der Waals surface area contributed by atoms with E-state index in [-0.39, 0.29) is 6.42 Å². The van der Waals surface area contributed by atoms with E-state index in [0.29, 0.717) is 11.1 Å². The number of esters is 1. The van der Waals surface area contributed by atoms with E-state index in [2.05, 4.69) is 9.73 Å². The number of nitrogens with zero attached hydrogens (tertiary/aromatic N) is 2. The molecule has 5 nitrogen and oxygen atoms in total. The minimum Gasteiger partial charge on any atom is -0.469 e. The molecule has 0 bridgehead atoms. The van der Waals surface area contributed by atoms with Gasteiger partial charge in [-0.1, -0.05) is 12.1 Å². The summed E-state index contributed by atoms with van der Waals surface area (Å²) in [6.45, 7) is 0. The van der Waals surface area contributed by atoms with Crippen LogP contribution in [0.25, 0.3) is 0 Å². The highest BCUT2D eigenvalue weighted by Gasteiger charge is 2.15. The van der Waals surface area contributed by atoms with Gasteiger partial charge in [0.2, 0.25) is 6.08 Å². The number of rotatable bonds is 4. The summed E-state index contributed by atoms with van der Waals surface area (Å²) in [4.78, 5) is 25.0. The van der Waals surface area contributed by atoms with Crippen LogP contribution >= 0.6 is 0 Å². The number of hydrogen-bond donors (Lipinski definition) is 0. The van der Waals surface area contributed by atoms with Crippen molar-refractivity contribution in [1.29, 1.82) is 5.26 Å². The molecule has 0 saturated carbocycles. The average Bonchev–Trinajstić information content (AvgIpc) is 2.38. The Hall–Kier alpha value is -2.44. The van der Waals surface area contributed by atoms with Crippen molar-refractivity contribution in [1.82, 2.24) is 0 Å². The molecule has 0 radical (unpaired) electrons. The predicted molar refractivity (Wildman–Crippen MR) is 58.7 cm³/mol. The van der Waals surface area contributed by atoms with Crippen LogP contribution in [0.2, 0.25) is 0 Å². The maximum absolute atomic E-state index is 11.1. The number of nitriles is 1. The maximum Gasteiger partial charge on any atom is 0.308 e. The van der Waals surface area contributed by atoms with Gasteiger partial charge in [0.05, 0.1) is 31.2 Å². The van der Waals surface area contributed by atoms with Gasteiger partial charge in [0.15, 0.2) is 0 Å². The minimum atomic E-state index is -0.618. The fourth-order valence-corrected chi connectivity index (χ4v) is 1.32. The van der Waals surface area contributed by atoms with Crippen molar-refractivity contribution in [2.24, 2.45) is 4.99 Å². The first kappa shape index (κ1) is 12.6. The fraction of sp³-hybridized carbons (Fsp3) is 0.250. The molecule has 0 N–H and O–H groups in total. The molecule has 0 aliphatic rings. The molecule has 0 amide bonds. The van der Waals surface area contributed by atoms with Crippen molar-refractivity contribution in [3.63, 3.8) is 0 Å². The zero-order valence-corrected chi connectivity index (χ0v) is 9.21. The molecule has 1 atom stereocenters. The second-order valence-corrected chi connectivity index (χ2v) is 3.25. The third-order valence-electron chi connectivity index (χ3n) is 2.22. The van der Waals surface area contributed by atoms with Gasteiger partial charge in [-0.3, -0.25) is 4.79 Å². The van der Waals surface area contributed by atoms with Crippen molar-refractivity contribution >= 4 is 12.0 Å². The monoisotopic (exact) mass is 230 g/mol. The van der Waals surface area contributed by atoms with Crippen molar-refractivity contribution < 1.29 is 14.3 Å². The first-order chi connectivity index (χ1) is 8.21. The SMILES string of the molecule is COC(=O)CC(N=C=O)c1ccc(C#N)cc1. The topological polar surface area (TPSA) is 79.5 Å². The zero-order valence-electron chi connectivity index (χ0n) is 9.21. The molecule has 0 aromatic heterocycles. The molecule has 1 aromatic carbocycles. The van der Waals surface area contributed by atoms with Crippen LogP contribution in [0.3, 0.4) is 0 Å². The van der Waals surface area contributed by atoms with Gasteiger partial charge in [0.1, 0.15) is 0 Å². The van der Waals surface area contributed by atoms with E-state index < -0.39 is 12.0 Å². The normalized spacial score (nSPS) is 10.8. The minimum absolute atomic E-state index is 0.0301. The molecule has 0 fully saturated rings. The summed E-state index contributed by atoms with van der Waals surface area (Å²) in [6.07, 6.45) is 1.40. The van der Waals surface area contributed by atoms with Gasteiger partial charge in [-0.2, -0.15) is 10.3 Å². The summed E-state index contributed by atoms with van der Waals surface area (Å²) < 4.78 is 4.51. The molecule has 0 aliphatic carbocycles. The standard InChI is InChI=1S/C12H10N2O3/c1-17-12(16)6-11(14-8-15)10-4-2-9(7-13)3-5-10/h2-5,11H,6H2,1H3. The molecule has 0 heterocycles. The lowest BCUT2D eigenvalue weighted by molar-refractivity contribution is -0.141. The van der Waals surface area contributed by atoms with Crippen LogP contribution in [0, 0.1) is 11.3 Å². The number of aliphatic imine (C=N–C) groups is 1. The third-order valence-corrected chi connectivity index (χ3v) is 2.22. The number of carbonyl (C=O) groups is 1. The smallest absolute Gasteiger partial charge is 0.308 e. The van der Waals surface area contributed by atoms with E-state index in [1.807, 2.05) is 6.07 Å². The van der Waals surface area contributed by atoms with E-state index in [4.69, 9.17) is 5.26 Å². The Kier molecular flexibility index (Phi) is 4.61. The Labute approximate surface area is 98.3 Å². The quantitative estimate of drug-likeness (QED) is 0.446. The Bertz CT molecular complexity index is 481. The summed E-state index contributed by atoms with van der Waals surface area (Å²) in [6, 6.07) is 7.85. The lowest BCUT2D eigenvalue weighted by Gasteiger charge is -2.09. The van der Waals surface area contributed by atoms with E-state index >= 15 is 0 Å². The second kappa shape index (κ2) is 6.21. The second-order valence-electron chi connectivity index (χ2n) is 3.25. The first-order valence-electron chi connectivity index (χ1n) is 4.85. The largest absolute Gasteiger partial charge is 0.469 e. The van der Waals surface area contributed by atoms with Crippen LogP contribution in [-0.2, 0) is 14.3 Å². The fourth-order valence-electron chi connectivity index (χ4n) is 1.32. The van der Waals surface area contributed by atoms with Crippen LogP contribution in [0.15, 0.2) is 29.3 Å². The predicted octanol–water partition coefficient (Wildman–Crippen LogP) is 1.50. The highest BCUT2D eigenvalue weighted by atomic mass is 16.5. The Morgan fingerprint density at radius 2 is 2.12 bits per heavy atom. The summed E-state index contributed by atoms with van der Waals surface area (Å²) in [5.74, 6) is -0.460. The molecule has 1 unspecified atom stereocenters. The van der Waals surface area contributed by atoms with Gasteiger partial charge in [-0.25, -0.2) is 4.79 Å². The molecular formula is C12H10N2O3. The molecule has 5 heteroatoms. The lowest BCUT2D eigenvalue weighted by Crippen LogP contribution is -2.07.